The van der Waals surface area contributed by atoms with Gasteiger partial charge in [0.25, 0.3) is 0 Å². The van der Waals surface area contributed by atoms with Gasteiger partial charge in [-0.15, -0.1) is 0 Å². The average molecular weight is 353 g/mol. The Morgan fingerprint density at radius 3 is 2.32 bits per heavy atom. The van der Waals surface area contributed by atoms with E-state index in [-0.39, 0.29) is 18.2 Å². The Morgan fingerprint density at radius 2 is 1.68 bits per heavy atom. The molecule has 25 heavy (non-hydrogen) atoms. The van der Waals surface area contributed by atoms with Crippen LogP contribution in [0.3, 0.4) is 0 Å². The number of carbonyl (C=O) groups is 2. The predicted octanol–water partition coefficient (Wildman–Crippen LogP) is 3.55. The van der Waals surface area contributed by atoms with Crippen LogP contribution in [0.15, 0.2) is 53.5 Å². The van der Waals surface area contributed by atoms with Crippen LogP contribution in [0.5, 0.6) is 0 Å². The molecular formula is C19H19N3O2S. The van der Waals surface area contributed by atoms with Crippen LogP contribution >= 0.6 is 11.8 Å². The lowest BCUT2D eigenvalue weighted by Gasteiger charge is -2.22. The zero-order valence-electron chi connectivity index (χ0n) is 14.1. The second-order valence-electron chi connectivity index (χ2n) is 5.97. The minimum Gasteiger partial charge on any atom is -0.325 e. The highest BCUT2D eigenvalue weighted by Gasteiger charge is 2.30. The van der Waals surface area contributed by atoms with E-state index in [1.807, 2.05) is 62.4 Å². The van der Waals surface area contributed by atoms with Gasteiger partial charge in [0.1, 0.15) is 5.25 Å². The van der Waals surface area contributed by atoms with Gasteiger partial charge in [0, 0.05) is 12.1 Å². The molecule has 1 saturated heterocycles. The van der Waals surface area contributed by atoms with Crippen molar-refractivity contribution in [3.05, 3.63) is 59.7 Å². The van der Waals surface area contributed by atoms with Gasteiger partial charge in [-0.25, -0.2) is 4.99 Å². The van der Waals surface area contributed by atoms with Crippen LogP contribution in [0.2, 0.25) is 0 Å². The summed E-state index contributed by atoms with van der Waals surface area (Å²) in [5.41, 5.74) is 3.73. The number of hydrogen-bond donors (Lipinski definition) is 2. The van der Waals surface area contributed by atoms with E-state index in [4.69, 9.17) is 0 Å². The molecule has 0 aliphatic carbocycles. The number of anilines is 1. The highest BCUT2D eigenvalue weighted by molar-refractivity contribution is 8.15. The van der Waals surface area contributed by atoms with Crippen LogP contribution in [-0.2, 0) is 9.59 Å². The summed E-state index contributed by atoms with van der Waals surface area (Å²) >= 11 is 1.27. The molecule has 128 valence electrons. The van der Waals surface area contributed by atoms with Gasteiger partial charge >= 0.3 is 0 Å². The molecule has 5 nitrogen and oxygen atoms in total. The largest absolute Gasteiger partial charge is 0.325 e. The van der Waals surface area contributed by atoms with Gasteiger partial charge < -0.3 is 10.6 Å². The maximum atomic E-state index is 12.5. The highest BCUT2D eigenvalue weighted by Crippen LogP contribution is 2.25. The lowest BCUT2D eigenvalue weighted by Crippen LogP contribution is -2.41. The summed E-state index contributed by atoms with van der Waals surface area (Å²) in [5, 5.41) is 5.53. The van der Waals surface area contributed by atoms with Gasteiger partial charge in [-0.05, 0) is 38.1 Å². The van der Waals surface area contributed by atoms with Crippen LogP contribution in [0.4, 0.5) is 11.4 Å². The van der Waals surface area contributed by atoms with E-state index in [1.54, 1.807) is 0 Å². The molecular weight excluding hydrogens is 334 g/mol. The summed E-state index contributed by atoms with van der Waals surface area (Å²) in [4.78, 5) is 28.8. The van der Waals surface area contributed by atoms with Crippen LogP contribution in [0, 0.1) is 13.8 Å². The van der Waals surface area contributed by atoms with Gasteiger partial charge in [0.2, 0.25) is 11.8 Å². The first-order valence-electron chi connectivity index (χ1n) is 7.99. The first kappa shape index (κ1) is 17.2. The molecule has 0 spiro atoms. The third kappa shape index (κ3) is 4.70. The van der Waals surface area contributed by atoms with Crippen molar-refractivity contribution < 1.29 is 9.59 Å². The van der Waals surface area contributed by atoms with E-state index in [2.05, 4.69) is 15.6 Å². The van der Waals surface area contributed by atoms with E-state index in [9.17, 15) is 9.59 Å². The fraction of sp³-hybridized carbons (Fsp3) is 0.211. The molecule has 1 aliphatic rings. The second kappa shape index (κ2) is 7.53. The maximum Gasteiger partial charge on any atom is 0.238 e. The topological polar surface area (TPSA) is 70.6 Å². The third-order valence-electron chi connectivity index (χ3n) is 3.75. The fourth-order valence-corrected chi connectivity index (χ4v) is 3.34. The molecule has 1 aliphatic heterocycles. The van der Waals surface area contributed by atoms with E-state index in [0.29, 0.717) is 5.17 Å². The molecule has 1 fully saturated rings. The number of amides is 2. The summed E-state index contributed by atoms with van der Waals surface area (Å²) in [6.07, 6.45) is 0.134. The third-order valence-corrected chi connectivity index (χ3v) is 4.83. The van der Waals surface area contributed by atoms with Crippen molar-refractivity contribution >= 4 is 40.1 Å². The Labute approximate surface area is 150 Å². The summed E-state index contributed by atoms with van der Waals surface area (Å²) < 4.78 is 0. The summed E-state index contributed by atoms with van der Waals surface area (Å²) in [6.45, 7) is 3.99. The van der Waals surface area contributed by atoms with Crippen LogP contribution in [0.1, 0.15) is 17.5 Å². The Kier molecular flexibility index (Phi) is 5.19. The van der Waals surface area contributed by atoms with Gasteiger partial charge in [-0.3, -0.25) is 9.59 Å². The Hall–Kier alpha value is -2.60. The number of nitrogens with zero attached hydrogens (tertiary/aromatic N) is 1. The number of aryl methyl sites for hydroxylation is 2. The molecule has 1 heterocycles. The number of hydrogen-bond acceptors (Lipinski definition) is 4. The smallest absolute Gasteiger partial charge is 0.238 e. The van der Waals surface area contributed by atoms with Crippen molar-refractivity contribution in [2.24, 2.45) is 4.99 Å². The first-order valence-corrected chi connectivity index (χ1v) is 8.87. The summed E-state index contributed by atoms with van der Waals surface area (Å²) in [7, 11) is 0. The molecule has 0 bridgehead atoms. The van der Waals surface area contributed by atoms with Gasteiger partial charge in [-0.2, -0.15) is 0 Å². The molecule has 0 radical (unpaired) electrons. The van der Waals surface area contributed by atoms with Crippen LogP contribution in [-0.4, -0.2) is 22.2 Å². The number of aliphatic imine (C=N–C) groups is 1. The number of nitrogens with one attached hydrogen (secondary N) is 2. The Balaban J connectivity index is 1.71. The predicted molar refractivity (Wildman–Crippen MR) is 102 cm³/mol. The molecule has 3 rings (SSSR count). The maximum absolute atomic E-state index is 12.5. The Bertz CT molecular complexity index is 814. The molecule has 0 saturated carbocycles. The number of amidine groups is 1. The van der Waals surface area contributed by atoms with Crippen LogP contribution in [0.25, 0.3) is 0 Å². The average Bonchev–Trinajstić information content (AvgIpc) is 2.58. The molecule has 0 aromatic heterocycles. The highest BCUT2D eigenvalue weighted by atomic mass is 32.2. The molecule has 0 unspecified atom stereocenters. The van der Waals surface area contributed by atoms with Crippen molar-refractivity contribution in [1.29, 1.82) is 0 Å². The van der Waals surface area contributed by atoms with Crippen molar-refractivity contribution in [2.75, 3.05) is 5.32 Å². The quantitative estimate of drug-likeness (QED) is 0.886. The monoisotopic (exact) mass is 353 g/mol. The molecule has 6 heteroatoms. The van der Waals surface area contributed by atoms with E-state index >= 15 is 0 Å². The number of carbonyl (C=O) groups excluding carboxylic acids is 2. The Morgan fingerprint density at radius 1 is 1.08 bits per heavy atom. The molecule has 2 amide bonds. The SMILES string of the molecule is Cc1ccc(N=C2NC(=O)C[C@@H](C(=O)Nc3ccc(C)cc3)S2)cc1. The van der Waals surface area contributed by atoms with Gasteiger partial charge in [0.15, 0.2) is 5.17 Å². The lowest BCUT2D eigenvalue weighted by atomic mass is 10.2. The standard InChI is InChI=1S/C19H19N3O2S/c1-12-3-7-14(8-4-12)20-18(24)16-11-17(23)22-19(25-16)21-15-9-5-13(2)6-10-15/h3-10,16H,11H2,1-2H3,(H,20,24)(H,21,22,23)/t16-/m0/s1. The molecule has 2 aromatic rings. The van der Waals surface area contributed by atoms with Gasteiger partial charge in [-0.1, -0.05) is 47.2 Å². The van der Waals surface area contributed by atoms with Crippen molar-refractivity contribution in [1.82, 2.24) is 5.32 Å². The van der Waals surface area contributed by atoms with Gasteiger partial charge in [0.05, 0.1) is 5.69 Å². The van der Waals surface area contributed by atoms with Crippen molar-refractivity contribution in [3.63, 3.8) is 0 Å². The zero-order valence-corrected chi connectivity index (χ0v) is 14.9. The van der Waals surface area contributed by atoms with E-state index in [0.717, 1.165) is 22.5 Å². The molecule has 2 aromatic carbocycles. The minimum atomic E-state index is -0.501. The first-order chi connectivity index (χ1) is 12.0. The second-order valence-corrected chi connectivity index (χ2v) is 7.16. The fourth-order valence-electron chi connectivity index (χ4n) is 2.34. The molecule has 2 N–H and O–H groups in total. The molecule has 1 atom stereocenters. The summed E-state index contributed by atoms with van der Waals surface area (Å²) in [5.74, 6) is -0.394. The minimum absolute atomic E-state index is 0.134. The number of benzene rings is 2. The van der Waals surface area contributed by atoms with E-state index in [1.165, 1.54) is 11.8 Å². The number of thioether (sulfide) groups is 1. The van der Waals surface area contributed by atoms with Crippen molar-refractivity contribution in [3.8, 4) is 0 Å². The normalized spacial score (nSPS) is 18.7. The lowest BCUT2D eigenvalue weighted by molar-refractivity contribution is -0.123. The van der Waals surface area contributed by atoms with Crippen molar-refractivity contribution in [2.45, 2.75) is 25.5 Å². The number of rotatable bonds is 3. The van der Waals surface area contributed by atoms with E-state index < -0.39 is 5.25 Å². The summed E-state index contributed by atoms with van der Waals surface area (Å²) in [6, 6.07) is 15.2. The van der Waals surface area contributed by atoms with Crippen LogP contribution < -0.4 is 10.6 Å². The zero-order chi connectivity index (χ0) is 17.8.